The number of benzene rings is 2. The molecule has 0 bridgehead atoms. The van der Waals surface area contributed by atoms with Crippen molar-refractivity contribution in [1.29, 1.82) is 0 Å². The minimum Gasteiger partial charge on any atom is -0.494 e. The Hall–Kier alpha value is -2.90. The number of nitrogens with zero attached hydrogens (tertiary/aromatic N) is 2. The maximum atomic E-state index is 12.3. The number of aromatic hydroxyl groups is 1. The Morgan fingerprint density at radius 2 is 2.00 bits per heavy atom. The summed E-state index contributed by atoms with van der Waals surface area (Å²) in [5, 5.41) is 11.1. The van der Waals surface area contributed by atoms with Crippen LogP contribution >= 0.6 is 27.5 Å². The van der Waals surface area contributed by atoms with Gasteiger partial charge < -0.3 is 5.11 Å². The van der Waals surface area contributed by atoms with E-state index in [1.54, 1.807) is 30.5 Å². The van der Waals surface area contributed by atoms with Gasteiger partial charge in [0.05, 0.1) is 12.2 Å². The highest BCUT2D eigenvalue weighted by molar-refractivity contribution is 9.10. The maximum absolute atomic E-state index is 12.3. The predicted octanol–water partition coefficient (Wildman–Crippen LogP) is 3.96. The molecule has 0 aliphatic carbocycles. The summed E-state index contributed by atoms with van der Waals surface area (Å²) >= 11 is 9.57. The van der Waals surface area contributed by atoms with Crippen molar-refractivity contribution in [1.82, 2.24) is 9.55 Å². The van der Waals surface area contributed by atoms with Crippen molar-refractivity contribution in [3.05, 3.63) is 89.5 Å². The first-order chi connectivity index (χ1) is 13.4. The third-order valence-electron chi connectivity index (χ3n) is 4.41. The van der Waals surface area contributed by atoms with Crippen LogP contribution in [0.1, 0.15) is 16.7 Å². The molecule has 0 atom stereocenters. The van der Waals surface area contributed by atoms with Crippen molar-refractivity contribution in [3.8, 4) is 5.88 Å². The van der Waals surface area contributed by atoms with Crippen LogP contribution in [0.2, 0.25) is 5.02 Å². The second-order valence-corrected chi connectivity index (χ2v) is 7.52. The third kappa shape index (κ3) is 3.34. The van der Waals surface area contributed by atoms with E-state index in [1.165, 1.54) is 6.08 Å². The lowest BCUT2D eigenvalue weighted by molar-refractivity contribution is 0.408. The van der Waals surface area contributed by atoms with Crippen LogP contribution in [0.25, 0.3) is 11.6 Å². The van der Waals surface area contributed by atoms with Gasteiger partial charge in [0, 0.05) is 26.8 Å². The zero-order valence-electron chi connectivity index (χ0n) is 14.3. The molecule has 2 heterocycles. The first-order valence-corrected chi connectivity index (χ1v) is 9.46. The van der Waals surface area contributed by atoms with Crippen LogP contribution in [0.5, 0.6) is 5.88 Å². The molecule has 4 rings (SSSR count). The van der Waals surface area contributed by atoms with Gasteiger partial charge in [-0.3, -0.25) is 19.3 Å². The minimum absolute atomic E-state index is 0.0213. The lowest BCUT2D eigenvalue weighted by atomic mass is 10.1. The second kappa shape index (κ2) is 7.26. The van der Waals surface area contributed by atoms with Gasteiger partial charge in [0.2, 0.25) is 5.88 Å². The van der Waals surface area contributed by atoms with Gasteiger partial charge in [-0.15, -0.1) is 0 Å². The van der Waals surface area contributed by atoms with Crippen LogP contribution < -0.4 is 11.2 Å². The van der Waals surface area contributed by atoms with Crippen LogP contribution in [-0.2, 0) is 6.54 Å². The van der Waals surface area contributed by atoms with E-state index in [0.717, 1.165) is 20.3 Å². The van der Waals surface area contributed by atoms with Crippen LogP contribution in [-0.4, -0.2) is 20.9 Å². The number of rotatable bonds is 3. The number of aromatic amines is 1. The van der Waals surface area contributed by atoms with Crippen LogP contribution in [0.4, 0.5) is 5.69 Å². The zero-order valence-corrected chi connectivity index (χ0v) is 16.7. The number of hydrogen-bond acceptors (Lipinski definition) is 4. The molecule has 0 fully saturated rings. The van der Waals surface area contributed by atoms with Gasteiger partial charge in [0.15, 0.2) is 0 Å². The van der Waals surface area contributed by atoms with Gasteiger partial charge in [-0.2, -0.15) is 0 Å². The summed E-state index contributed by atoms with van der Waals surface area (Å²) in [5.41, 5.74) is 1.45. The first kappa shape index (κ1) is 18.5. The average molecular weight is 459 g/mol. The summed E-state index contributed by atoms with van der Waals surface area (Å²) in [4.78, 5) is 31.2. The zero-order chi connectivity index (χ0) is 19.8. The van der Waals surface area contributed by atoms with Crippen LogP contribution in [0.15, 0.2) is 61.5 Å². The number of H-pyrrole nitrogens is 1. The summed E-state index contributed by atoms with van der Waals surface area (Å²) in [6.45, 7) is 0.0213. The summed E-state index contributed by atoms with van der Waals surface area (Å²) in [7, 11) is 0. The molecular formula is C20H13BrClN3O3. The molecule has 1 aliphatic heterocycles. The third-order valence-corrected chi connectivity index (χ3v) is 5.27. The van der Waals surface area contributed by atoms with E-state index in [1.807, 2.05) is 18.2 Å². The van der Waals surface area contributed by atoms with Crippen molar-refractivity contribution >= 4 is 51.1 Å². The van der Waals surface area contributed by atoms with Crippen molar-refractivity contribution in [2.75, 3.05) is 0 Å². The molecule has 0 spiro atoms. The number of fused-ring (bicyclic) bond motifs is 1. The summed E-state index contributed by atoms with van der Waals surface area (Å²) in [5.74, 6) is -0.432. The fourth-order valence-electron chi connectivity index (χ4n) is 2.98. The van der Waals surface area contributed by atoms with E-state index in [-0.39, 0.29) is 12.1 Å². The average Bonchev–Trinajstić information content (AvgIpc) is 3.05. The normalized spacial score (nSPS) is 13.9. The summed E-state index contributed by atoms with van der Waals surface area (Å²) in [6.07, 6.45) is 3.12. The van der Waals surface area contributed by atoms with Gasteiger partial charge in [0.25, 0.3) is 5.56 Å². The van der Waals surface area contributed by atoms with Gasteiger partial charge in [-0.05, 0) is 35.9 Å². The van der Waals surface area contributed by atoms with Crippen molar-refractivity contribution < 1.29 is 5.11 Å². The Kier molecular flexibility index (Phi) is 4.78. The van der Waals surface area contributed by atoms with Crippen molar-refractivity contribution in [3.63, 3.8) is 0 Å². The minimum atomic E-state index is -0.715. The van der Waals surface area contributed by atoms with Crippen LogP contribution in [0.3, 0.4) is 0 Å². The van der Waals surface area contributed by atoms with Gasteiger partial charge in [-0.25, -0.2) is 4.79 Å². The monoisotopic (exact) mass is 457 g/mol. The van der Waals surface area contributed by atoms with E-state index < -0.39 is 17.1 Å². The lowest BCUT2D eigenvalue weighted by Gasteiger charge is -2.11. The Bertz CT molecular complexity index is 1270. The van der Waals surface area contributed by atoms with E-state index in [9.17, 15) is 14.7 Å². The van der Waals surface area contributed by atoms with Crippen molar-refractivity contribution in [2.24, 2.45) is 4.99 Å². The highest BCUT2D eigenvalue weighted by Crippen LogP contribution is 2.35. The first-order valence-electron chi connectivity index (χ1n) is 8.29. The molecule has 140 valence electrons. The molecule has 3 aromatic rings. The maximum Gasteiger partial charge on any atom is 0.331 e. The standard InChI is InChI=1S/C20H13BrClN3O3/c21-13-5-6-17-14(8-13)12(9-23-17)7-15-18(26)24-20(28)25(19(15)27)10-11-3-1-2-4-16(11)22/h1-9,27H,10H2,(H,24,26,28)/b12-7+. The fraction of sp³-hybridized carbons (Fsp3) is 0.0500. The lowest BCUT2D eigenvalue weighted by Crippen LogP contribution is -2.31. The Morgan fingerprint density at radius 1 is 1.21 bits per heavy atom. The summed E-state index contributed by atoms with van der Waals surface area (Å²) in [6, 6.07) is 12.6. The van der Waals surface area contributed by atoms with Gasteiger partial charge in [-0.1, -0.05) is 45.7 Å². The molecule has 1 aromatic heterocycles. The highest BCUT2D eigenvalue weighted by atomic mass is 79.9. The molecule has 2 aromatic carbocycles. The molecule has 0 amide bonds. The highest BCUT2D eigenvalue weighted by Gasteiger charge is 2.18. The molecule has 0 unspecified atom stereocenters. The number of aliphatic imine (C=N–C) groups is 1. The Morgan fingerprint density at radius 3 is 2.79 bits per heavy atom. The van der Waals surface area contributed by atoms with Crippen molar-refractivity contribution in [2.45, 2.75) is 6.54 Å². The van der Waals surface area contributed by atoms with E-state index >= 15 is 0 Å². The van der Waals surface area contributed by atoms with E-state index in [4.69, 9.17) is 11.6 Å². The number of aromatic nitrogens is 2. The largest absolute Gasteiger partial charge is 0.494 e. The number of allylic oxidation sites excluding steroid dienone is 1. The molecule has 8 heteroatoms. The molecule has 2 N–H and O–H groups in total. The summed E-state index contributed by atoms with van der Waals surface area (Å²) < 4.78 is 1.94. The fourth-order valence-corrected chi connectivity index (χ4v) is 3.54. The van der Waals surface area contributed by atoms with E-state index in [2.05, 4.69) is 25.9 Å². The molecule has 0 saturated carbocycles. The number of nitrogens with one attached hydrogen (secondary N) is 1. The molecule has 6 nitrogen and oxygen atoms in total. The number of hydrogen-bond donors (Lipinski definition) is 2. The molecular weight excluding hydrogens is 446 g/mol. The topological polar surface area (TPSA) is 87.5 Å². The Labute approximate surface area is 172 Å². The molecule has 28 heavy (non-hydrogen) atoms. The molecule has 0 radical (unpaired) electrons. The van der Waals surface area contributed by atoms with Crippen LogP contribution in [0, 0.1) is 0 Å². The SMILES string of the molecule is O=c1[nH]c(=O)n(Cc2ccccc2Cl)c(O)c1/C=C1\C=Nc2ccc(Br)cc21. The number of halogens is 2. The second-order valence-electron chi connectivity index (χ2n) is 6.19. The van der Waals surface area contributed by atoms with Gasteiger partial charge in [0.1, 0.15) is 5.56 Å². The smallest absolute Gasteiger partial charge is 0.331 e. The quantitative estimate of drug-likeness (QED) is 0.623. The van der Waals surface area contributed by atoms with Gasteiger partial charge >= 0.3 is 5.69 Å². The molecule has 0 saturated heterocycles. The Balaban J connectivity index is 1.83. The predicted molar refractivity (Wildman–Crippen MR) is 114 cm³/mol. The molecule has 1 aliphatic rings. The van der Waals surface area contributed by atoms with E-state index in [0.29, 0.717) is 16.2 Å².